The Hall–Kier alpha value is -1.79. The Morgan fingerprint density at radius 3 is 2.52 bits per heavy atom. The van der Waals surface area contributed by atoms with Gasteiger partial charge in [-0.25, -0.2) is 4.79 Å². The lowest BCUT2D eigenvalue weighted by molar-refractivity contribution is -0.138. The predicted molar refractivity (Wildman–Crippen MR) is 75.7 cm³/mol. The Morgan fingerprint density at radius 1 is 1.29 bits per heavy atom. The summed E-state index contributed by atoms with van der Waals surface area (Å²) in [6, 6.07) is -0.478. The van der Waals surface area contributed by atoms with Gasteiger partial charge in [0.25, 0.3) is 0 Å². The third-order valence-electron chi connectivity index (χ3n) is 4.31. The van der Waals surface area contributed by atoms with Crippen LogP contribution >= 0.6 is 0 Å². The Morgan fingerprint density at radius 2 is 1.95 bits per heavy atom. The molecule has 2 heterocycles. The van der Waals surface area contributed by atoms with Crippen LogP contribution in [-0.2, 0) is 9.59 Å². The standard InChI is InChI=1S/C14H23N3O4/c1-2-11-13(20)15-5-8-17(11)14(21)16-6-3-10(4-7-16)9-12(18)19/h10-11H,2-9H2,1H3,(H,15,20)(H,18,19). The maximum atomic E-state index is 12.6. The largest absolute Gasteiger partial charge is 0.481 e. The maximum absolute atomic E-state index is 12.6. The second-order valence-corrected chi connectivity index (χ2v) is 5.72. The number of carbonyl (C=O) groups excluding carboxylic acids is 2. The van der Waals surface area contributed by atoms with E-state index in [4.69, 9.17) is 5.11 Å². The number of carboxylic acids is 1. The fraction of sp³-hybridized carbons (Fsp3) is 0.786. The summed E-state index contributed by atoms with van der Waals surface area (Å²) >= 11 is 0. The normalized spacial score (nSPS) is 23.9. The zero-order chi connectivity index (χ0) is 15.4. The van der Waals surface area contributed by atoms with Gasteiger partial charge in [-0.15, -0.1) is 0 Å². The van der Waals surface area contributed by atoms with Gasteiger partial charge in [-0.05, 0) is 25.2 Å². The molecule has 0 bridgehead atoms. The van der Waals surface area contributed by atoms with Crippen molar-refractivity contribution in [2.75, 3.05) is 26.2 Å². The Bertz CT molecular complexity index is 418. The van der Waals surface area contributed by atoms with Crippen molar-refractivity contribution >= 4 is 17.9 Å². The number of carbonyl (C=O) groups is 3. The topological polar surface area (TPSA) is 90.0 Å². The average molecular weight is 297 g/mol. The first-order chi connectivity index (χ1) is 10.0. The highest BCUT2D eigenvalue weighted by Crippen LogP contribution is 2.22. The number of piperidine rings is 1. The van der Waals surface area contributed by atoms with Gasteiger partial charge >= 0.3 is 12.0 Å². The zero-order valence-electron chi connectivity index (χ0n) is 12.4. The average Bonchev–Trinajstić information content (AvgIpc) is 2.46. The lowest BCUT2D eigenvalue weighted by Gasteiger charge is -2.40. The number of amides is 3. The van der Waals surface area contributed by atoms with E-state index in [2.05, 4.69) is 5.32 Å². The quantitative estimate of drug-likeness (QED) is 0.794. The molecule has 2 aliphatic heterocycles. The van der Waals surface area contributed by atoms with Gasteiger partial charge in [0.1, 0.15) is 6.04 Å². The van der Waals surface area contributed by atoms with Gasteiger partial charge in [0.2, 0.25) is 5.91 Å². The summed E-state index contributed by atoms with van der Waals surface area (Å²) in [6.45, 7) is 4.08. The van der Waals surface area contributed by atoms with E-state index in [1.807, 2.05) is 6.92 Å². The molecule has 2 rings (SSSR count). The minimum absolute atomic E-state index is 0.0853. The molecule has 0 aromatic heterocycles. The van der Waals surface area contributed by atoms with Crippen LogP contribution in [0, 0.1) is 5.92 Å². The SMILES string of the molecule is CCC1C(=O)NCCN1C(=O)N1CCC(CC(=O)O)CC1. The van der Waals surface area contributed by atoms with Crippen LogP contribution in [-0.4, -0.2) is 65.0 Å². The second-order valence-electron chi connectivity index (χ2n) is 5.72. The summed E-state index contributed by atoms with van der Waals surface area (Å²) in [5.74, 6) is -0.713. The van der Waals surface area contributed by atoms with Crippen LogP contribution < -0.4 is 5.32 Å². The number of nitrogens with zero attached hydrogens (tertiary/aromatic N) is 2. The van der Waals surface area contributed by atoms with Crippen LogP contribution in [0.15, 0.2) is 0 Å². The summed E-state index contributed by atoms with van der Waals surface area (Å²) in [4.78, 5) is 38.5. The molecule has 0 aromatic rings. The maximum Gasteiger partial charge on any atom is 0.320 e. The van der Waals surface area contributed by atoms with Gasteiger partial charge in [-0.2, -0.15) is 0 Å². The van der Waals surface area contributed by atoms with E-state index in [9.17, 15) is 14.4 Å². The Labute approximate surface area is 124 Å². The molecule has 7 nitrogen and oxygen atoms in total. The summed E-state index contributed by atoms with van der Waals surface area (Å²) in [5, 5.41) is 11.6. The molecule has 1 unspecified atom stereocenters. The smallest absolute Gasteiger partial charge is 0.320 e. The third-order valence-corrected chi connectivity index (χ3v) is 4.31. The van der Waals surface area contributed by atoms with E-state index < -0.39 is 5.97 Å². The van der Waals surface area contributed by atoms with Crippen molar-refractivity contribution in [1.82, 2.24) is 15.1 Å². The number of piperazine rings is 1. The molecule has 0 saturated carbocycles. The number of urea groups is 1. The number of nitrogens with one attached hydrogen (secondary N) is 1. The first-order valence-corrected chi connectivity index (χ1v) is 7.58. The molecule has 2 fully saturated rings. The number of rotatable bonds is 3. The van der Waals surface area contributed by atoms with E-state index in [-0.39, 0.29) is 30.3 Å². The van der Waals surface area contributed by atoms with Gasteiger partial charge in [0, 0.05) is 32.6 Å². The molecule has 0 radical (unpaired) electrons. The van der Waals surface area contributed by atoms with Crippen molar-refractivity contribution in [3.8, 4) is 0 Å². The second kappa shape index (κ2) is 6.78. The molecule has 0 spiro atoms. The van der Waals surface area contributed by atoms with Gasteiger partial charge < -0.3 is 20.2 Å². The monoisotopic (exact) mass is 297 g/mol. The summed E-state index contributed by atoms with van der Waals surface area (Å²) in [5.41, 5.74) is 0. The lowest BCUT2D eigenvalue weighted by Crippen LogP contribution is -2.60. The van der Waals surface area contributed by atoms with Gasteiger partial charge in [-0.3, -0.25) is 9.59 Å². The van der Waals surface area contributed by atoms with E-state index in [1.54, 1.807) is 9.80 Å². The first-order valence-electron chi connectivity index (χ1n) is 7.58. The van der Waals surface area contributed by atoms with Crippen LogP contribution in [0.5, 0.6) is 0 Å². The van der Waals surface area contributed by atoms with E-state index >= 15 is 0 Å². The van der Waals surface area contributed by atoms with Gasteiger partial charge in [0.15, 0.2) is 0 Å². The fourth-order valence-corrected chi connectivity index (χ4v) is 3.11. The van der Waals surface area contributed by atoms with E-state index in [1.165, 1.54) is 0 Å². The number of aliphatic carboxylic acids is 1. The lowest BCUT2D eigenvalue weighted by atomic mass is 9.94. The zero-order valence-corrected chi connectivity index (χ0v) is 12.4. The Balaban J connectivity index is 1.91. The first kappa shape index (κ1) is 15.6. The number of carboxylic acid groups (broad SMARTS) is 1. The minimum Gasteiger partial charge on any atom is -0.481 e. The molecular weight excluding hydrogens is 274 g/mol. The predicted octanol–water partition coefficient (Wildman–Crippen LogP) is 0.504. The summed E-state index contributed by atoms with van der Waals surface area (Å²) < 4.78 is 0. The van der Waals surface area contributed by atoms with Crippen molar-refractivity contribution in [2.24, 2.45) is 5.92 Å². The summed E-state index contributed by atoms with van der Waals surface area (Å²) in [7, 11) is 0. The molecule has 2 aliphatic rings. The molecule has 2 saturated heterocycles. The number of hydrogen-bond acceptors (Lipinski definition) is 3. The molecule has 3 amide bonds. The van der Waals surface area contributed by atoms with Gasteiger partial charge in [-0.1, -0.05) is 6.92 Å². The highest BCUT2D eigenvalue weighted by Gasteiger charge is 2.35. The molecule has 0 aromatic carbocycles. The highest BCUT2D eigenvalue weighted by molar-refractivity contribution is 5.88. The molecule has 0 aliphatic carbocycles. The molecule has 7 heteroatoms. The highest BCUT2D eigenvalue weighted by atomic mass is 16.4. The minimum atomic E-state index is -0.779. The molecule has 2 N–H and O–H groups in total. The molecule has 118 valence electrons. The van der Waals surface area contributed by atoms with Crippen molar-refractivity contribution in [1.29, 1.82) is 0 Å². The molecule has 21 heavy (non-hydrogen) atoms. The fourth-order valence-electron chi connectivity index (χ4n) is 3.11. The van der Waals surface area contributed by atoms with Crippen LogP contribution in [0.4, 0.5) is 4.79 Å². The van der Waals surface area contributed by atoms with E-state index in [0.29, 0.717) is 32.6 Å². The summed E-state index contributed by atoms with van der Waals surface area (Å²) in [6.07, 6.45) is 2.21. The number of likely N-dealkylation sites (tertiary alicyclic amines) is 1. The number of hydrogen-bond donors (Lipinski definition) is 2. The van der Waals surface area contributed by atoms with Crippen LogP contribution in [0.3, 0.4) is 0 Å². The van der Waals surface area contributed by atoms with Gasteiger partial charge in [0.05, 0.1) is 0 Å². The van der Waals surface area contributed by atoms with E-state index in [0.717, 1.165) is 12.8 Å². The van der Waals surface area contributed by atoms with Crippen molar-refractivity contribution < 1.29 is 19.5 Å². The van der Waals surface area contributed by atoms with Crippen molar-refractivity contribution in [2.45, 2.75) is 38.6 Å². The molecular formula is C14H23N3O4. The van der Waals surface area contributed by atoms with Crippen LogP contribution in [0.2, 0.25) is 0 Å². The van der Waals surface area contributed by atoms with Crippen LogP contribution in [0.25, 0.3) is 0 Å². The molecule has 1 atom stereocenters. The third kappa shape index (κ3) is 3.65. The van der Waals surface area contributed by atoms with Crippen molar-refractivity contribution in [3.63, 3.8) is 0 Å². The van der Waals surface area contributed by atoms with Crippen molar-refractivity contribution in [3.05, 3.63) is 0 Å². The Kier molecular flexibility index (Phi) is 5.03. The van der Waals surface area contributed by atoms with Crippen LogP contribution in [0.1, 0.15) is 32.6 Å².